The maximum absolute atomic E-state index is 6.28. The molecule has 3 aromatic carbocycles. The molecule has 26 heavy (non-hydrogen) atoms. The first-order valence-corrected chi connectivity index (χ1v) is 9.46. The minimum Gasteiger partial charge on any atom is -0.493 e. The number of rotatable bonds is 7. The van der Waals surface area contributed by atoms with Gasteiger partial charge in [0.15, 0.2) is 0 Å². The van der Waals surface area contributed by atoms with Crippen LogP contribution < -0.4 is 4.74 Å². The predicted octanol–water partition coefficient (Wildman–Crippen LogP) is 5.78. The summed E-state index contributed by atoms with van der Waals surface area (Å²) in [7, 11) is 4.29. The van der Waals surface area contributed by atoms with Gasteiger partial charge >= 0.3 is 0 Å². The second kappa shape index (κ2) is 8.37. The summed E-state index contributed by atoms with van der Waals surface area (Å²) in [6.45, 7) is 5.03. The summed E-state index contributed by atoms with van der Waals surface area (Å²) in [5, 5.41) is 2.43. The van der Waals surface area contributed by atoms with Crippen LogP contribution >= 0.6 is 0 Å². The van der Waals surface area contributed by atoms with Crippen molar-refractivity contribution in [3.05, 3.63) is 77.4 Å². The molecular weight excluding hydrogens is 318 g/mol. The quantitative estimate of drug-likeness (QED) is 0.537. The maximum atomic E-state index is 6.28. The van der Waals surface area contributed by atoms with E-state index in [0.29, 0.717) is 12.6 Å². The van der Waals surface area contributed by atoms with Crippen LogP contribution in [-0.4, -0.2) is 25.6 Å². The lowest BCUT2D eigenvalue weighted by Gasteiger charge is -2.25. The van der Waals surface area contributed by atoms with Crippen molar-refractivity contribution in [3.63, 3.8) is 0 Å². The normalized spacial score (nSPS) is 12.5. The minimum absolute atomic E-state index is 0.358. The van der Waals surface area contributed by atoms with E-state index in [4.69, 9.17) is 4.74 Å². The second-order valence-corrected chi connectivity index (χ2v) is 7.15. The summed E-state index contributed by atoms with van der Waals surface area (Å²) in [6, 6.07) is 22.0. The first kappa shape index (κ1) is 18.5. The molecule has 0 amide bonds. The molecule has 2 nitrogen and oxygen atoms in total. The predicted molar refractivity (Wildman–Crippen MR) is 111 cm³/mol. The second-order valence-electron chi connectivity index (χ2n) is 7.15. The highest BCUT2D eigenvalue weighted by molar-refractivity contribution is 5.89. The zero-order valence-electron chi connectivity index (χ0n) is 16.3. The van der Waals surface area contributed by atoms with E-state index >= 15 is 0 Å². The number of hydrogen-bond acceptors (Lipinski definition) is 2. The van der Waals surface area contributed by atoms with Crippen LogP contribution in [0, 0.1) is 6.92 Å². The van der Waals surface area contributed by atoms with E-state index in [1.165, 1.54) is 27.5 Å². The molecule has 3 aromatic rings. The molecule has 0 heterocycles. The summed E-state index contributed by atoms with van der Waals surface area (Å²) in [5.74, 6) is 1.02. The van der Waals surface area contributed by atoms with E-state index in [1.807, 2.05) is 0 Å². The zero-order valence-corrected chi connectivity index (χ0v) is 16.3. The molecule has 0 saturated heterocycles. The monoisotopic (exact) mass is 347 g/mol. The fraction of sp³-hybridized carbons (Fsp3) is 0.333. The maximum Gasteiger partial charge on any atom is 0.130 e. The molecule has 0 fully saturated rings. The van der Waals surface area contributed by atoms with Gasteiger partial charge in [0.25, 0.3) is 0 Å². The van der Waals surface area contributed by atoms with Crippen LogP contribution in [0.15, 0.2) is 60.7 Å². The van der Waals surface area contributed by atoms with Crippen LogP contribution in [0.1, 0.15) is 36.1 Å². The lowest BCUT2D eigenvalue weighted by Crippen LogP contribution is -2.22. The molecule has 0 aliphatic heterocycles. The number of aryl methyl sites for hydroxylation is 2. The summed E-state index contributed by atoms with van der Waals surface area (Å²) in [4.78, 5) is 2.29. The molecule has 1 atom stereocenters. The Morgan fingerprint density at radius 3 is 2.54 bits per heavy atom. The first-order valence-electron chi connectivity index (χ1n) is 9.46. The highest BCUT2D eigenvalue weighted by atomic mass is 16.5. The summed E-state index contributed by atoms with van der Waals surface area (Å²) >= 11 is 0. The highest BCUT2D eigenvalue weighted by Crippen LogP contribution is 2.30. The van der Waals surface area contributed by atoms with Gasteiger partial charge in [-0.15, -0.1) is 0 Å². The Morgan fingerprint density at radius 2 is 1.77 bits per heavy atom. The fourth-order valence-electron chi connectivity index (χ4n) is 3.56. The van der Waals surface area contributed by atoms with E-state index in [2.05, 4.69) is 93.5 Å². The number of benzene rings is 3. The third kappa shape index (κ3) is 4.08. The van der Waals surface area contributed by atoms with Crippen molar-refractivity contribution in [2.45, 2.75) is 32.7 Å². The van der Waals surface area contributed by atoms with Gasteiger partial charge in [-0.05, 0) is 49.5 Å². The van der Waals surface area contributed by atoms with Crippen LogP contribution in [0.25, 0.3) is 10.8 Å². The molecule has 3 rings (SSSR count). The van der Waals surface area contributed by atoms with Crippen molar-refractivity contribution in [2.75, 3.05) is 20.7 Å². The molecule has 1 unspecified atom stereocenters. The van der Waals surface area contributed by atoms with Crippen molar-refractivity contribution in [2.24, 2.45) is 0 Å². The van der Waals surface area contributed by atoms with Crippen molar-refractivity contribution in [1.82, 2.24) is 4.90 Å². The average molecular weight is 348 g/mol. The molecule has 0 aliphatic rings. The number of fused-ring (bicyclic) bond motifs is 1. The van der Waals surface area contributed by atoms with Crippen LogP contribution in [0.5, 0.6) is 5.75 Å². The summed E-state index contributed by atoms with van der Waals surface area (Å²) in [5.41, 5.74) is 3.95. The Bertz CT molecular complexity index is 869. The average Bonchev–Trinajstić information content (AvgIpc) is 2.66. The largest absolute Gasteiger partial charge is 0.493 e. The van der Waals surface area contributed by atoms with Gasteiger partial charge < -0.3 is 9.64 Å². The van der Waals surface area contributed by atoms with Gasteiger partial charge in [0.05, 0.1) is 6.61 Å². The third-order valence-electron chi connectivity index (χ3n) is 5.08. The van der Waals surface area contributed by atoms with Crippen molar-refractivity contribution >= 4 is 10.8 Å². The van der Waals surface area contributed by atoms with Crippen molar-refractivity contribution < 1.29 is 4.74 Å². The Labute approximate surface area is 157 Å². The SMILES string of the molecule is CCc1cccc(C(CCOc2c(C)ccc3ccccc23)N(C)C)c1. The third-order valence-corrected chi connectivity index (χ3v) is 5.08. The van der Waals surface area contributed by atoms with E-state index in [-0.39, 0.29) is 0 Å². The van der Waals surface area contributed by atoms with E-state index in [9.17, 15) is 0 Å². The van der Waals surface area contributed by atoms with E-state index in [0.717, 1.165) is 18.6 Å². The topological polar surface area (TPSA) is 12.5 Å². The molecule has 0 bridgehead atoms. The molecule has 0 radical (unpaired) electrons. The zero-order chi connectivity index (χ0) is 18.5. The molecule has 0 spiro atoms. The Kier molecular flexibility index (Phi) is 5.95. The Morgan fingerprint density at radius 1 is 0.962 bits per heavy atom. The van der Waals surface area contributed by atoms with Gasteiger partial charge in [-0.3, -0.25) is 0 Å². The van der Waals surface area contributed by atoms with Crippen molar-refractivity contribution in [3.8, 4) is 5.75 Å². The van der Waals surface area contributed by atoms with Crippen LogP contribution in [0.4, 0.5) is 0 Å². The smallest absolute Gasteiger partial charge is 0.130 e. The fourth-order valence-corrected chi connectivity index (χ4v) is 3.56. The first-order chi connectivity index (χ1) is 12.6. The van der Waals surface area contributed by atoms with Gasteiger partial charge in [-0.2, -0.15) is 0 Å². The summed E-state index contributed by atoms with van der Waals surface area (Å²) < 4.78 is 6.28. The van der Waals surface area contributed by atoms with Gasteiger partial charge in [-0.25, -0.2) is 0 Å². The number of ether oxygens (including phenoxy) is 1. The lowest BCUT2D eigenvalue weighted by atomic mass is 10.00. The minimum atomic E-state index is 0.358. The molecular formula is C24H29NO. The van der Waals surface area contributed by atoms with E-state index < -0.39 is 0 Å². The lowest BCUT2D eigenvalue weighted by molar-refractivity contribution is 0.224. The molecule has 0 aliphatic carbocycles. The highest BCUT2D eigenvalue weighted by Gasteiger charge is 2.15. The standard InChI is InChI=1S/C24H29NO/c1-5-19-9-8-11-21(17-19)23(25(3)4)15-16-26-24-18(2)13-14-20-10-6-7-12-22(20)24/h6-14,17,23H,5,15-16H2,1-4H3. The molecule has 0 saturated carbocycles. The molecule has 0 N–H and O–H groups in total. The van der Waals surface area contributed by atoms with Gasteiger partial charge in [0.1, 0.15) is 5.75 Å². The van der Waals surface area contributed by atoms with Gasteiger partial charge in [0, 0.05) is 17.8 Å². The molecule has 136 valence electrons. The van der Waals surface area contributed by atoms with E-state index in [1.54, 1.807) is 0 Å². The molecule has 2 heteroatoms. The van der Waals surface area contributed by atoms with Crippen LogP contribution in [-0.2, 0) is 6.42 Å². The molecule has 0 aromatic heterocycles. The Balaban J connectivity index is 1.76. The van der Waals surface area contributed by atoms with Gasteiger partial charge in [0.2, 0.25) is 0 Å². The summed E-state index contributed by atoms with van der Waals surface area (Å²) in [6.07, 6.45) is 2.03. The van der Waals surface area contributed by atoms with Gasteiger partial charge in [-0.1, -0.05) is 67.6 Å². The van der Waals surface area contributed by atoms with Crippen LogP contribution in [0.2, 0.25) is 0 Å². The van der Waals surface area contributed by atoms with Crippen LogP contribution in [0.3, 0.4) is 0 Å². The Hall–Kier alpha value is -2.32. The number of hydrogen-bond donors (Lipinski definition) is 0. The number of nitrogens with zero attached hydrogens (tertiary/aromatic N) is 1. The van der Waals surface area contributed by atoms with Crippen molar-refractivity contribution in [1.29, 1.82) is 0 Å².